The second kappa shape index (κ2) is 6.64. The number of hydrogen-bond acceptors (Lipinski definition) is 5. The highest BCUT2D eigenvalue weighted by Gasteiger charge is 2.32. The first-order chi connectivity index (χ1) is 9.31. The van der Waals surface area contributed by atoms with Crippen molar-refractivity contribution in [3.05, 3.63) is 29.3 Å². The molecule has 5 nitrogen and oxygen atoms in total. The van der Waals surface area contributed by atoms with Crippen LogP contribution < -0.4 is 10.5 Å². The van der Waals surface area contributed by atoms with Crippen molar-refractivity contribution in [2.24, 2.45) is 5.73 Å². The lowest BCUT2D eigenvalue weighted by molar-refractivity contribution is -0.139. The van der Waals surface area contributed by atoms with Gasteiger partial charge in [-0.15, -0.1) is 11.8 Å². The standard InChI is InChI=1S/C14H18N2O3S/c1-14(2,12(16)13(17)18)20-8-9-4-5-11(19-3)10(6-9)7-15/h4-6,12H,8,16H2,1-3H3,(H,17,18)/t12-/m1/s1. The third kappa shape index (κ3) is 3.89. The van der Waals surface area contributed by atoms with E-state index in [4.69, 9.17) is 20.8 Å². The maximum absolute atomic E-state index is 10.9. The van der Waals surface area contributed by atoms with Crippen molar-refractivity contribution in [3.8, 4) is 11.8 Å². The number of thioether (sulfide) groups is 1. The minimum atomic E-state index is -1.02. The number of nitriles is 1. The first-order valence-corrected chi connectivity index (χ1v) is 6.99. The topological polar surface area (TPSA) is 96.3 Å². The van der Waals surface area contributed by atoms with Crippen LogP contribution in [0.5, 0.6) is 5.75 Å². The molecule has 0 amide bonds. The Morgan fingerprint density at radius 1 is 1.60 bits per heavy atom. The fourth-order valence-corrected chi connectivity index (χ4v) is 2.59. The molecule has 0 aliphatic carbocycles. The highest BCUT2D eigenvalue weighted by Crippen LogP contribution is 2.31. The molecule has 0 aliphatic rings. The Morgan fingerprint density at radius 3 is 2.75 bits per heavy atom. The molecule has 3 N–H and O–H groups in total. The van der Waals surface area contributed by atoms with Gasteiger partial charge in [-0.1, -0.05) is 6.07 Å². The molecular weight excluding hydrogens is 276 g/mol. The summed E-state index contributed by atoms with van der Waals surface area (Å²) in [5.74, 6) is 0.0878. The molecule has 20 heavy (non-hydrogen) atoms. The Kier molecular flexibility index (Phi) is 5.43. The van der Waals surface area contributed by atoms with E-state index in [1.165, 1.54) is 18.9 Å². The van der Waals surface area contributed by atoms with Crippen LogP contribution in [0.4, 0.5) is 0 Å². The molecule has 0 heterocycles. The van der Waals surface area contributed by atoms with E-state index < -0.39 is 16.8 Å². The number of carboxylic acid groups (broad SMARTS) is 1. The summed E-state index contributed by atoms with van der Waals surface area (Å²) in [6.45, 7) is 3.59. The van der Waals surface area contributed by atoms with Crippen LogP contribution in [-0.2, 0) is 10.5 Å². The zero-order valence-corrected chi connectivity index (χ0v) is 12.5. The van der Waals surface area contributed by atoms with Crippen molar-refractivity contribution in [3.63, 3.8) is 0 Å². The van der Waals surface area contributed by atoms with Gasteiger partial charge in [0.1, 0.15) is 17.9 Å². The number of benzene rings is 1. The summed E-state index contributed by atoms with van der Waals surface area (Å²) in [7, 11) is 1.51. The van der Waals surface area contributed by atoms with Gasteiger partial charge in [-0.3, -0.25) is 4.79 Å². The normalized spacial score (nSPS) is 12.6. The molecule has 1 aromatic carbocycles. The van der Waals surface area contributed by atoms with Crippen molar-refractivity contribution in [1.29, 1.82) is 5.26 Å². The van der Waals surface area contributed by atoms with Crippen molar-refractivity contribution in [1.82, 2.24) is 0 Å². The average molecular weight is 294 g/mol. The lowest BCUT2D eigenvalue weighted by Crippen LogP contribution is -2.46. The molecule has 0 bridgehead atoms. The molecule has 1 aromatic rings. The molecule has 0 unspecified atom stereocenters. The highest BCUT2D eigenvalue weighted by atomic mass is 32.2. The monoisotopic (exact) mass is 294 g/mol. The summed E-state index contributed by atoms with van der Waals surface area (Å²) < 4.78 is 4.48. The maximum Gasteiger partial charge on any atom is 0.321 e. The molecule has 1 atom stereocenters. The number of ether oxygens (including phenoxy) is 1. The summed E-state index contributed by atoms with van der Waals surface area (Å²) in [4.78, 5) is 10.9. The fraction of sp³-hybridized carbons (Fsp3) is 0.429. The van der Waals surface area contributed by atoms with Crippen LogP contribution in [0.15, 0.2) is 18.2 Å². The van der Waals surface area contributed by atoms with Gasteiger partial charge in [0.15, 0.2) is 0 Å². The van der Waals surface area contributed by atoms with E-state index in [2.05, 4.69) is 6.07 Å². The summed E-state index contributed by atoms with van der Waals surface area (Å²) in [5, 5.41) is 18.0. The Balaban J connectivity index is 2.81. The Hall–Kier alpha value is -1.71. The Bertz CT molecular complexity index is 538. The van der Waals surface area contributed by atoms with Gasteiger partial charge in [0.25, 0.3) is 0 Å². The van der Waals surface area contributed by atoms with Crippen LogP contribution in [-0.4, -0.2) is 29.0 Å². The van der Waals surface area contributed by atoms with Crippen LogP contribution in [0.2, 0.25) is 0 Å². The van der Waals surface area contributed by atoms with Crippen molar-refractivity contribution < 1.29 is 14.6 Å². The summed E-state index contributed by atoms with van der Waals surface area (Å²) in [6, 6.07) is 6.46. The van der Waals surface area contributed by atoms with Gasteiger partial charge in [-0.25, -0.2) is 0 Å². The largest absolute Gasteiger partial charge is 0.495 e. The lowest BCUT2D eigenvalue weighted by atomic mass is 10.1. The van der Waals surface area contributed by atoms with Gasteiger partial charge in [0.05, 0.1) is 12.7 Å². The Morgan fingerprint density at radius 2 is 2.25 bits per heavy atom. The van der Waals surface area contributed by atoms with Crippen molar-refractivity contribution in [2.45, 2.75) is 30.4 Å². The molecule has 1 rings (SSSR count). The lowest BCUT2D eigenvalue weighted by Gasteiger charge is -2.28. The first kappa shape index (κ1) is 16.3. The smallest absolute Gasteiger partial charge is 0.321 e. The van der Waals surface area contributed by atoms with Crippen LogP contribution in [0.1, 0.15) is 25.0 Å². The summed E-state index contributed by atoms with van der Waals surface area (Å²) >= 11 is 1.44. The third-order valence-electron chi connectivity index (χ3n) is 3.01. The molecule has 0 spiro atoms. The van der Waals surface area contributed by atoms with Gasteiger partial charge in [-0.2, -0.15) is 5.26 Å². The number of hydrogen-bond donors (Lipinski definition) is 2. The molecule has 6 heteroatoms. The number of aliphatic carboxylic acids is 1. The van der Waals surface area contributed by atoms with Gasteiger partial charge in [-0.05, 0) is 31.5 Å². The molecule has 108 valence electrons. The molecule has 0 aromatic heterocycles. The first-order valence-electron chi connectivity index (χ1n) is 6.01. The quantitative estimate of drug-likeness (QED) is 0.833. The Labute approximate surface area is 122 Å². The van der Waals surface area contributed by atoms with E-state index in [0.29, 0.717) is 17.1 Å². The zero-order chi connectivity index (χ0) is 15.3. The number of carbonyl (C=O) groups is 1. The number of rotatable bonds is 6. The second-order valence-electron chi connectivity index (χ2n) is 4.85. The molecule has 0 fully saturated rings. The number of carboxylic acids is 1. The maximum atomic E-state index is 10.9. The summed E-state index contributed by atoms with van der Waals surface area (Å²) in [5.41, 5.74) is 7.06. The van der Waals surface area contributed by atoms with E-state index in [0.717, 1.165) is 5.56 Å². The van der Waals surface area contributed by atoms with Crippen molar-refractivity contribution in [2.75, 3.05) is 7.11 Å². The summed E-state index contributed by atoms with van der Waals surface area (Å²) in [6.07, 6.45) is 0. The van der Waals surface area contributed by atoms with Gasteiger partial charge < -0.3 is 15.6 Å². The second-order valence-corrected chi connectivity index (χ2v) is 6.48. The minimum Gasteiger partial charge on any atom is -0.495 e. The van der Waals surface area contributed by atoms with E-state index >= 15 is 0 Å². The average Bonchev–Trinajstić information content (AvgIpc) is 2.43. The van der Waals surface area contributed by atoms with Gasteiger partial charge in [0.2, 0.25) is 0 Å². The third-order valence-corrected chi connectivity index (χ3v) is 4.49. The zero-order valence-electron chi connectivity index (χ0n) is 11.7. The minimum absolute atomic E-state index is 0.464. The van der Waals surface area contributed by atoms with Crippen LogP contribution in [0.3, 0.4) is 0 Å². The molecule has 0 radical (unpaired) electrons. The van der Waals surface area contributed by atoms with Crippen LogP contribution in [0.25, 0.3) is 0 Å². The number of nitrogens with zero attached hydrogens (tertiary/aromatic N) is 1. The number of methoxy groups -OCH3 is 1. The predicted octanol–water partition coefficient (Wildman–Crippen LogP) is 1.99. The van der Waals surface area contributed by atoms with Gasteiger partial charge in [0, 0.05) is 10.5 Å². The van der Waals surface area contributed by atoms with Crippen LogP contribution >= 0.6 is 11.8 Å². The van der Waals surface area contributed by atoms with Crippen LogP contribution in [0, 0.1) is 11.3 Å². The van der Waals surface area contributed by atoms with E-state index in [-0.39, 0.29) is 0 Å². The predicted molar refractivity (Wildman–Crippen MR) is 78.7 cm³/mol. The van der Waals surface area contributed by atoms with E-state index in [9.17, 15) is 4.79 Å². The molecular formula is C14H18N2O3S. The SMILES string of the molecule is COc1ccc(CSC(C)(C)[C@H](N)C(=O)O)cc1C#N. The molecule has 0 aliphatic heterocycles. The number of nitrogens with two attached hydrogens (primary N) is 1. The fourth-order valence-electron chi connectivity index (χ4n) is 1.59. The highest BCUT2D eigenvalue weighted by molar-refractivity contribution is 7.99. The van der Waals surface area contributed by atoms with Gasteiger partial charge >= 0.3 is 5.97 Å². The van der Waals surface area contributed by atoms with E-state index in [1.807, 2.05) is 6.07 Å². The molecule has 0 saturated carbocycles. The molecule has 0 saturated heterocycles. The van der Waals surface area contributed by atoms with E-state index in [1.54, 1.807) is 26.0 Å². The van der Waals surface area contributed by atoms with Crippen molar-refractivity contribution >= 4 is 17.7 Å².